The van der Waals surface area contributed by atoms with Crippen molar-refractivity contribution in [2.75, 3.05) is 0 Å². The van der Waals surface area contributed by atoms with Crippen molar-refractivity contribution in [2.45, 2.75) is 37.3 Å². The molecule has 0 spiro atoms. The molecule has 0 aliphatic carbocycles. The molecule has 0 radical (unpaired) electrons. The fraction of sp³-hybridized carbons (Fsp3) is 0.455. The van der Waals surface area contributed by atoms with Gasteiger partial charge in [0.25, 0.3) is 0 Å². The Morgan fingerprint density at radius 2 is 1.87 bits per heavy atom. The first kappa shape index (κ1) is 12.7. The van der Waals surface area contributed by atoms with Crippen LogP contribution >= 0.6 is 12.6 Å². The van der Waals surface area contributed by atoms with Gasteiger partial charge in [0, 0.05) is 5.75 Å². The van der Waals surface area contributed by atoms with Gasteiger partial charge < -0.3 is 4.55 Å². The number of aryl methyl sites for hydroxylation is 2. The second kappa shape index (κ2) is 5.68. The molecule has 0 saturated carbocycles. The Morgan fingerprint density at radius 3 is 2.27 bits per heavy atom. The summed E-state index contributed by atoms with van der Waals surface area (Å²) < 4.78 is 20.5. The van der Waals surface area contributed by atoms with Gasteiger partial charge in [-0.1, -0.05) is 26.0 Å². The summed E-state index contributed by atoms with van der Waals surface area (Å²) >= 11 is 2.29. The van der Waals surface area contributed by atoms with E-state index in [4.69, 9.17) is 0 Å². The van der Waals surface area contributed by atoms with Gasteiger partial charge in [0.15, 0.2) is 11.1 Å². The molecule has 1 rings (SSSR count). The van der Waals surface area contributed by atoms with Crippen molar-refractivity contribution in [3.05, 3.63) is 28.8 Å². The lowest BCUT2D eigenvalue weighted by Gasteiger charge is -2.11. The van der Waals surface area contributed by atoms with E-state index in [1.165, 1.54) is 5.56 Å². The Labute approximate surface area is 98.8 Å². The molecule has 0 heterocycles. The first-order valence-corrected chi connectivity index (χ1v) is 6.74. The standard InChI is InChI=1S/C11H16O2S2/c1-3-8-5-9(4-2)11(15(12)13)10(6-8)7-14/h5-6,14H,3-4,7H2,1-2H3,(H,12,13). The molecular weight excluding hydrogens is 228 g/mol. The maximum atomic E-state index is 11.2. The number of hydrogen-bond donors (Lipinski definition) is 2. The molecule has 0 aliphatic heterocycles. The summed E-state index contributed by atoms with van der Waals surface area (Å²) in [5.74, 6) is 0.502. The highest BCUT2D eigenvalue weighted by Crippen LogP contribution is 2.23. The van der Waals surface area contributed by atoms with Gasteiger partial charge in [0.2, 0.25) is 0 Å². The predicted octanol–water partition coefficient (Wildman–Crippen LogP) is 2.82. The first-order valence-electron chi connectivity index (χ1n) is 5.00. The molecule has 0 amide bonds. The van der Waals surface area contributed by atoms with E-state index in [0.29, 0.717) is 10.6 Å². The van der Waals surface area contributed by atoms with E-state index < -0.39 is 11.1 Å². The molecule has 1 unspecified atom stereocenters. The molecular formula is C11H16O2S2. The molecule has 1 N–H and O–H groups in total. The summed E-state index contributed by atoms with van der Waals surface area (Å²) in [6.07, 6.45) is 1.71. The third-order valence-electron chi connectivity index (χ3n) is 2.44. The summed E-state index contributed by atoms with van der Waals surface area (Å²) in [5.41, 5.74) is 3.03. The van der Waals surface area contributed by atoms with Crippen LogP contribution in [0, 0.1) is 0 Å². The highest BCUT2D eigenvalue weighted by atomic mass is 32.2. The van der Waals surface area contributed by atoms with Crippen LogP contribution in [0.1, 0.15) is 30.5 Å². The largest absolute Gasteiger partial charge is 0.302 e. The van der Waals surface area contributed by atoms with Crippen molar-refractivity contribution in [3.8, 4) is 0 Å². The number of benzene rings is 1. The van der Waals surface area contributed by atoms with Crippen molar-refractivity contribution in [1.82, 2.24) is 0 Å². The Bertz CT molecular complexity index is 350. The van der Waals surface area contributed by atoms with Crippen molar-refractivity contribution in [2.24, 2.45) is 0 Å². The van der Waals surface area contributed by atoms with Gasteiger partial charge in [-0.3, -0.25) is 0 Å². The smallest absolute Gasteiger partial charge is 0.187 e. The lowest BCUT2D eigenvalue weighted by atomic mass is 10.0. The van der Waals surface area contributed by atoms with Crippen LogP contribution in [0.2, 0.25) is 0 Å². The Balaban J connectivity index is 3.39. The molecule has 2 nitrogen and oxygen atoms in total. The number of rotatable bonds is 4. The third-order valence-corrected chi connectivity index (χ3v) is 3.65. The molecule has 15 heavy (non-hydrogen) atoms. The second-order valence-electron chi connectivity index (χ2n) is 3.36. The molecule has 0 aromatic heterocycles. The van der Waals surface area contributed by atoms with Gasteiger partial charge in [-0.15, -0.1) is 0 Å². The van der Waals surface area contributed by atoms with Crippen LogP contribution in [0.5, 0.6) is 0 Å². The third kappa shape index (κ3) is 2.83. The Kier molecular flexibility index (Phi) is 4.83. The minimum Gasteiger partial charge on any atom is -0.302 e. The van der Waals surface area contributed by atoms with Crippen molar-refractivity contribution >= 4 is 23.7 Å². The van der Waals surface area contributed by atoms with E-state index in [1.807, 2.05) is 19.1 Å². The van der Waals surface area contributed by atoms with Gasteiger partial charge in [-0.05, 0) is 29.5 Å². The summed E-state index contributed by atoms with van der Waals surface area (Å²) in [6, 6.07) is 3.98. The van der Waals surface area contributed by atoms with E-state index in [2.05, 4.69) is 19.6 Å². The van der Waals surface area contributed by atoms with Crippen LogP contribution in [0.3, 0.4) is 0 Å². The van der Waals surface area contributed by atoms with E-state index in [-0.39, 0.29) is 0 Å². The van der Waals surface area contributed by atoms with Crippen molar-refractivity contribution < 1.29 is 8.76 Å². The summed E-state index contributed by atoms with van der Waals surface area (Å²) in [4.78, 5) is 0.546. The van der Waals surface area contributed by atoms with Gasteiger partial charge in [-0.2, -0.15) is 12.6 Å². The van der Waals surface area contributed by atoms with Gasteiger partial charge >= 0.3 is 0 Å². The van der Waals surface area contributed by atoms with Crippen molar-refractivity contribution in [3.63, 3.8) is 0 Å². The first-order chi connectivity index (χ1) is 7.13. The van der Waals surface area contributed by atoms with E-state index in [1.54, 1.807) is 0 Å². The zero-order chi connectivity index (χ0) is 11.4. The van der Waals surface area contributed by atoms with Crippen LogP contribution in [0.25, 0.3) is 0 Å². The fourth-order valence-electron chi connectivity index (χ4n) is 1.64. The maximum absolute atomic E-state index is 11.2. The van der Waals surface area contributed by atoms with E-state index in [0.717, 1.165) is 24.0 Å². The Morgan fingerprint density at radius 1 is 1.27 bits per heavy atom. The van der Waals surface area contributed by atoms with Crippen LogP contribution in [0.15, 0.2) is 17.0 Å². The maximum Gasteiger partial charge on any atom is 0.187 e. The zero-order valence-electron chi connectivity index (χ0n) is 8.99. The number of hydrogen-bond acceptors (Lipinski definition) is 2. The molecule has 1 atom stereocenters. The average Bonchev–Trinajstić information content (AvgIpc) is 2.26. The van der Waals surface area contributed by atoms with Gasteiger partial charge in [0.05, 0.1) is 4.90 Å². The SMILES string of the molecule is CCc1cc(CC)c(S(=O)O)c(CS)c1. The van der Waals surface area contributed by atoms with Gasteiger partial charge in [0.1, 0.15) is 0 Å². The van der Waals surface area contributed by atoms with Crippen LogP contribution in [-0.4, -0.2) is 8.76 Å². The second-order valence-corrected chi connectivity index (χ2v) is 4.58. The van der Waals surface area contributed by atoms with Crippen LogP contribution < -0.4 is 0 Å². The number of thiol groups is 1. The van der Waals surface area contributed by atoms with Gasteiger partial charge in [-0.25, -0.2) is 4.21 Å². The minimum absolute atomic E-state index is 0.502. The summed E-state index contributed by atoms with van der Waals surface area (Å²) in [6.45, 7) is 4.07. The molecule has 0 fully saturated rings. The predicted molar refractivity (Wildman–Crippen MR) is 66.9 cm³/mol. The molecule has 1 aromatic rings. The molecule has 84 valence electrons. The fourth-order valence-corrected chi connectivity index (χ4v) is 2.77. The van der Waals surface area contributed by atoms with Crippen molar-refractivity contribution in [1.29, 1.82) is 0 Å². The van der Waals surface area contributed by atoms with E-state index in [9.17, 15) is 8.76 Å². The molecule has 0 aliphatic rings. The van der Waals surface area contributed by atoms with E-state index >= 15 is 0 Å². The zero-order valence-corrected chi connectivity index (χ0v) is 10.7. The monoisotopic (exact) mass is 244 g/mol. The molecule has 0 saturated heterocycles. The quantitative estimate of drug-likeness (QED) is 0.631. The molecule has 0 bridgehead atoms. The lowest BCUT2D eigenvalue weighted by molar-refractivity contribution is 0.562. The summed E-state index contributed by atoms with van der Waals surface area (Å²) in [7, 11) is 0. The minimum atomic E-state index is -1.91. The molecule has 4 heteroatoms. The average molecular weight is 244 g/mol. The Hall–Kier alpha value is -0.320. The normalized spacial score (nSPS) is 12.8. The lowest BCUT2D eigenvalue weighted by Crippen LogP contribution is -2.02. The van der Waals surface area contributed by atoms with Crippen LogP contribution in [0.4, 0.5) is 0 Å². The van der Waals surface area contributed by atoms with Crippen LogP contribution in [-0.2, 0) is 29.7 Å². The highest BCUT2D eigenvalue weighted by Gasteiger charge is 2.13. The molecule has 1 aromatic carbocycles. The highest BCUT2D eigenvalue weighted by molar-refractivity contribution is 7.80. The summed E-state index contributed by atoms with van der Waals surface area (Å²) in [5, 5.41) is 0. The topological polar surface area (TPSA) is 37.3 Å².